The Balaban J connectivity index is 1.53. The third-order valence-electron chi connectivity index (χ3n) is 5.94. The van der Waals surface area contributed by atoms with Crippen LogP contribution in [-0.2, 0) is 6.42 Å². The molecule has 3 rings (SSSR count). The number of rotatable bonds is 9. The molecule has 0 saturated heterocycles. The maximum absolute atomic E-state index is 12.8. The van der Waals surface area contributed by atoms with E-state index in [0.29, 0.717) is 17.7 Å². The number of hydrogen-bond donors (Lipinski definition) is 4. The smallest absolute Gasteiger partial charge is 0.406 e. The fourth-order valence-corrected chi connectivity index (χ4v) is 4.61. The van der Waals surface area contributed by atoms with Crippen molar-refractivity contribution in [3.05, 3.63) is 53.6 Å². The number of carbonyl (C=O) groups is 1. The molecule has 0 atom stereocenters. The summed E-state index contributed by atoms with van der Waals surface area (Å²) >= 11 is 5.29. The fraction of sp³-hybridized carbons (Fsp3) is 0.440. The van der Waals surface area contributed by atoms with E-state index < -0.39 is 24.4 Å². The van der Waals surface area contributed by atoms with Crippen LogP contribution in [0.4, 0.5) is 32.0 Å². The Hall–Kier alpha value is -3.26. The zero-order chi connectivity index (χ0) is 28.6. The number of alkyl halides is 6. The second-order valence-corrected chi connectivity index (χ2v) is 9.36. The lowest BCUT2D eigenvalue weighted by Crippen LogP contribution is -2.40. The quantitative estimate of drug-likeness (QED) is 0.237. The molecule has 1 fully saturated rings. The molecule has 0 aliphatic heterocycles. The highest BCUT2D eigenvalue weighted by atomic mass is 32.1. The zero-order valence-corrected chi connectivity index (χ0v) is 21.3. The highest BCUT2D eigenvalue weighted by molar-refractivity contribution is 7.80. The third-order valence-corrected chi connectivity index (χ3v) is 6.16. The van der Waals surface area contributed by atoms with E-state index in [0.717, 1.165) is 31.7 Å². The van der Waals surface area contributed by atoms with Crippen LogP contribution in [0.5, 0.6) is 11.5 Å². The molecule has 0 heterocycles. The molecule has 7 nitrogen and oxygen atoms in total. The van der Waals surface area contributed by atoms with Gasteiger partial charge in [-0.1, -0.05) is 12.1 Å². The van der Waals surface area contributed by atoms with Crippen molar-refractivity contribution in [1.29, 1.82) is 0 Å². The predicted octanol–water partition coefficient (Wildman–Crippen LogP) is 5.29. The number of benzene rings is 2. The molecule has 1 aliphatic carbocycles. The summed E-state index contributed by atoms with van der Waals surface area (Å²) in [5.74, 6) is -1.56. The van der Waals surface area contributed by atoms with E-state index in [4.69, 9.17) is 17.3 Å². The number of ether oxygens (including phenoxy) is 2. The first-order chi connectivity index (χ1) is 18.3. The van der Waals surface area contributed by atoms with Crippen molar-refractivity contribution < 1.29 is 45.7 Å². The predicted molar refractivity (Wildman–Crippen MR) is 134 cm³/mol. The van der Waals surface area contributed by atoms with Gasteiger partial charge in [0.25, 0.3) is 5.91 Å². The molecule has 4 N–H and O–H groups in total. The summed E-state index contributed by atoms with van der Waals surface area (Å²) < 4.78 is 83.5. The molecule has 214 valence electrons. The molecule has 2 aromatic carbocycles. The van der Waals surface area contributed by atoms with Crippen LogP contribution >= 0.6 is 12.2 Å². The largest absolute Gasteiger partial charge is 0.573 e. The van der Waals surface area contributed by atoms with Gasteiger partial charge in [-0.15, -0.1) is 26.3 Å². The van der Waals surface area contributed by atoms with Crippen LogP contribution in [0.1, 0.15) is 41.6 Å². The number of aliphatic hydroxyl groups excluding tert-OH is 1. The summed E-state index contributed by atoms with van der Waals surface area (Å²) in [6.07, 6.45) is -6.19. The molecule has 2 aromatic rings. The number of carbonyl (C=O) groups excluding carboxylic acids is 1. The lowest BCUT2D eigenvalue weighted by molar-refractivity contribution is -0.275. The second-order valence-electron chi connectivity index (χ2n) is 8.95. The molecule has 39 heavy (non-hydrogen) atoms. The van der Waals surface area contributed by atoms with Crippen molar-refractivity contribution in [1.82, 2.24) is 10.6 Å². The van der Waals surface area contributed by atoms with Crippen molar-refractivity contribution in [3.63, 3.8) is 0 Å². The van der Waals surface area contributed by atoms with Gasteiger partial charge < -0.3 is 30.5 Å². The first-order valence-electron chi connectivity index (χ1n) is 12.0. The van der Waals surface area contributed by atoms with Crippen LogP contribution in [0, 0.1) is 5.92 Å². The van der Waals surface area contributed by atoms with Gasteiger partial charge in [-0.3, -0.25) is 4.79 Å². The van der Waals surface area contributed by atoms with Gasteiger partial charge >= 0.3 is 12.7 Å². The Labute approximate surface area is 225 Å². The summed E-state index contributed by atoms with van der Waals surface area (Å²) in [7, 11) is 0. The number of amides is 1. The number of aliphatic hydroxyl groups is 1. The van der Waals surface area contributed by atoms with Crippen LogP contribution in [0.15, 0.2) is 42.5 Å². The average molecular weight is 580 g/mol. The van der Waals surface area contributed by atoms with E-state index in [1.165, 1.54) is 30.3 Å². The Morgan fingerprint density at radius 2 is 1.67 bits per heavy atom. The molecule has 1 saturated carbocycles. The van der Waals surface area contributed by atoms with Gasteiger partial charge in [0.05, 0.1) is 12.2 Å². The summed E-state index contributed by atoms with van der Waals surface area (Å²) in [5.41, 5.74) is 0.739. The van der Waals surface area contributed by atoms with E-state index in [1.807, 2.05) is 0 Å². The summed E-state index contributed by atoms with van der Waals surface area (Å²) in [6.45, 7) is -0.481. The Bertz CT molecular complexity index is 1140. The molecular weight excluding hydrogens is 552 g/mol. The van der Waals surface area contributed by atoms with Crippen LogP contribution in [-0.4, -0.2) is 48.0 Å². The first-order valence-corrected chi connectivity index (χ1v) is 12.4. The standard InChI is InChI=1S/C25H27F6N3O4S/c26-24(27,28)37-19-3-1-2-18(14-19)34-23(39)33-17-7-4-15(5-8-17)12-16-6-9-21(38-25(29,30)31)20(13-16)22(36)32-10-11-35/h1-3,6,9,13-15,17,35H,4-5,7-8,10-12H2,(H,32,36)(H2,33,34,39). The maximum Gasteiger partial charge on any atom is 0.573 e. The van der Waals surface area contributed by atoms with Crippen molar-refractivity contribution >= 4 is 28.9 Å². The van der Waals surface area contributed by atoms with E-state index in [9.17, 15) is 31.1 Å². The van der Waals surface area contributed by atoms with Crippen LogP contribution in [0.2, 0.25) is 0 Å². The SMILES string of the molecule is O=C(NCCO)c1cc(CC2CCC(NC(=S)Nc3cccc(OC(F)(F)F)c3)CC2)ccc1OC(F)(F)F. The van der Waals surface area contributed by atoms with Gasteiger partial charge in [0, 0.05) is 24.3 Å². The number of halogens is 6. The molecule has 0 radical (unpaired) electrons. The number of anilines is 1. The van der Waals surface area contributed by atoms with Gasteiger partial charge in [0.15, 0.2) is 5.11 Å². The monoisotopic (exact) mass is 579 g/mol. The Morgan fingerprint density at radius 1 is 0.974 bits per heavy atom. The van der Waals surface area contributed by atoms with Gasteiger partial charge in [0.2, 0.25) is 0 Å². The van der Waals surface area contributed by atoms with Crippen molar-refractivity contribution in [3.8, 4) is 11.5 Å². The Morgan fingerprint density at radius 3 is 2.31 bits per heavy atom. The topological polar surface area (TPSA) is 91.9 Å². The molecule has 14 heteroatoms. The van der Waals surface area contributed by atoms with Crippen molar-refractivity contribution in [2.24, 2.45) is 5.92 Å². The minimum absolute atomic E-state index is 0.0261. The van der Waals surface area contributed by atoms with E-state index in [-0.39, 0.29) is 41.5 Å². The highest BCUT2D eigenvalue weighted by Gasteiger charge is 2.33. The number of thiocarbonyl (C=S) groups is 1. The molecule has 0 unspecified atom stereocenters. The molecule has 1 amide bonds. The van der Waals surface area contributed by atoms with Gasteiger partial charge in [-0.25, -0.2) is 0 Å². The van der Waals surface area contributed by atoms with Gasteiger partial charge in [0.1, 0.15) is 11.5 Å². The third kappa shape index (κ3) is 10.4. The minimum Gasteiger partial charge on any atom is -0.406 e. The highest BCUT2D eigenvalue weighted by Crippen LogP contribution is 2.31. The fourth-order valence-electron chi connectivity index (χ4n) is 4.33. The van der Waals surface area contributed by atoms with Gasteiger partial charge in [-0.2, -0.15) is 0 Å². The number of nitrogens with one attached hydrogen (secondary N) is 3. The molecule has 0 spiro atoms. The summed E-state index contributed by atoms with van der Waals surface area (Å²) in [4.78, 5) is 12.4. The maximum atomic E-state index is 12.8. The lowest BCUT2D eigenvalue weighted by atomic mass is 9.82. The number of hydrogen-bond acceptors (Lipinski definition) is 5. The van der Waals surface area contributed by atoms with Gasteiger partial charge in [-0.05, 0) is 80.1 Å². The molecule has 0 aromatic heterocycles. The Kier molecular flexibility index (Phi) is 10.2. The summed E-state index contributed by atoms with van der Waals surface area (Å²) in [5, 5.41) is 17.5. The molecule has 1 aliphatic rings. The lowest BCUT2D eigenvalue weighted by Gasteiger charge is -2.30. The van der Waals surface area contributed by atoms with Crippen LogP contribution in [0.3, 0.4) is 0 Å². The normalized spacial score (nSPS) is 17.7. The first kappa shape index (κ1) is 30.3. The van der Waals surface area contributed by atoms with Crippen molar-refractivity contribution in [2.45, 2.75) is 50.9 Å². The zero-order valence-electron chi connectivity index (χ0n) is 20.5. The van der Waals surface area contributed by atoms with Crippen LogP contribution < -0.4 is 25.4 Å². The van der Waals surface area contributed by atoms with E-state index in [2.05, 4.69) is 25.4 Å². The molecule has 0 bridgehead atoms. The summed E-state index contributed by atoms with van der Waals surface area (Å²) in [6, 6.07) is 9.32. The van der Waals surface area contributed by atoms with Crippen LogP contribution in [0.25, 0.3) is 0 Å². The van der Waals surface area contributed by atoms with E-state index in [1.54, 1.807) is 6.07 Å². The molecular formula is C25H27F6N3O4S. The second kappa shape index (κ2) is 13.2. The van der Waals surface area contributed by atoms with E-state index >= 15 is 0 Å². The average Bonchev–Trinajstić information content (AvgIpc) is 2.83. The van der Waals surface area contributed by atoms with Crippen molar-refractivity contribution in [2.75, 3.05) is 18.5 Å². The minimum atomic E-state index is -4.96.